The largest absolute Gasteiger partial charge is 0.242 e. The lowest BCUT2D eigenvalue weighted by molar-refractivity contribution is 0.527. The van der Waals surface area contributed by atoms with Gasteiger partial charge in [0.05, 0.1) is 0 Å². The second-order valence-electron chi connectivity index (χ2n) is 1.85. The van der Waals surface area contributed by atoms with Crippen molar-refractivity contribution in [3.05, 3.63) is 0 Å². The maximum atomic E-state index is 4.20. The molecule has 0 aromatic rings. The molecular weight excluding hydrogens is 154 g/mol. The van der Waals surface area contributed by atoms with E-state index in [0.717, 1.165) is 17.9 Å². The molecule has 0 aliphatic carbocycles. The minimum absolute atomic E-state index is 0.755. The highest BCUT2D eigenvalue weighted by molar-refractivity contribution is 9.09. The second-order valence-corrected chi connectivity index (χ2v) is 3.14. The van der Waals surface area contributed by atoms with Gasteiger partial charge in [0.15, 0.2) is 0 Å². The van der Waals surface area contributed by atoms with Crippen molar-refractivity contribution in [3.63, 3.8) is 0 Å². The van der Waals surface area contributed by atoms with Crippen LogP contribution in [0.2, 0.25) is 0 Å². The van der Waals surface area contributed by atoms with Crippen LogP contribution in [0.25, 0.3) is 0 Å². The minimum Gasteiger partial charge on any atom is -0.242 e. The van der Waals surface area contributed by atoms with Crippen LogP contribution >= 0.6 is 15.9 Å². The molecular formula is C5H9BrN. The fourth-order valence-corrected chi connectivity index (χ4v) is 1.13. The highest BCUT2D eigenvalue weighted by Crippen LogP contribution is 2.11. The van der Waals surface area contributed by atoms with Gasteiger partial charge in [-0.25, -0.2) is 5.32 Å². The number of rotatable bonds is 0. The Labute approximate surface area is 52.6 Å². The molecule has 41 valence electrons. The summed E-state index contributed by atoms with van der Waals surface area (Å²) in [6.45, 7) is 2.13. The van der Waals surface area contributed by atoms with E-state index >= 15 is 0 Å². The van der Waals surface area contributed by atoms with Crippen LogP contribution in [0.5, 0.6) is 0 Å². The molecule has 0 N–H and O–H groups in total. The third-order valence-electron chi connectivity index (χ3n) is 1.20. The Bertz CT molecular complexity index is 50.0. The van der Waals surface area contributed by atoms with Crippen LogP contribution in [0.4, 0.5) is 0 Å². The first-order chi connectivity index (χ1) is 3.39. The fraction of sp³-hybridized carbons (Fsp3) is 1.00. The Morgan fingerprint density at radius 3 is 2.14 bits per heavy atom. The number of hydrogen-bond acceptors (Lipinski definition) is 0. The van der Waals surface area contributed by atoms with Crippen molar-refractivity contribution in [2.45, 2.75) is 17.7 Å². The number of hydrogen-bond donors (Lipinski definition) is 0. The molecule has 0 saturated carbocycles. The van der Waals surface area contributed by atoms with E-state index in [9.17, 15) is 0 Å². The molecule has 1 aliphatic heterocycles. The zero-order valence-electron chi connectivity index (χ0n) is 4.23. The molecule has 0 amide bonds. The Hall–Kier alpha value is 0.440. The second kappa shape index (κ2) is 2.68. The molecule has 0 bridgehead atoms. The zero-order chi connectivity index (χ0) is 5.11. The highest BCUT2D eigenvalue weighted by Gasteiger charge is 2.07. The smallest absolute Gasteiger partial charge is 0.0171 e. The summed E-state index contributed by atoms with van der Waals surface area (Å²) in [5, 5.41) is 4.20. The van der Waals surface area contributed by atoms with Crippen molar-refractivity contribution in [2.75, 3.05) is 13.1 Å². The van der Waals surface area contributed by atoms with Crippen molar-refractivity contribution in [1.82, 2.24) is 5.32 Å². The zero-order valence-corrected chi connectivity index (χ0v) is 5.82. The number of nitrogens with zero attached hydrogens (tertiary/aromatic N) is 1. The van der Waals surface area contributed by atoms with Gasteiger partial charge in [-0.2, -0.15) is 0 Å². The van der Waals surface area contributed by atoms with Gasteiger partial charge in [-0.3, -0.25) is 0 Å². The van der Waals surface area contributed by atoms with Crippen LogP contribution in [0.3, 0.4) is 0 Å². The monoisotopic (exact) mass is 162 g/mol. The van der Waals surface area contributed by atoms with Gasteiger partial charge in [-0.05, 0) is 12.8 Å². The van der Waals surface area contributed by atoms with Crippen molar-refractivity contribution < 1.29 is 0 Å². The Balaban J connectivity index is 2.12. The first-order valence-electron chi connectivity index (χ1n) is 2.67. The summed E-state index contributed by atoms with van der Waals surface area (Å²) in [5.41, 5.74) is 0. The van der Waals surface area contributed by atoms with Crippen molar-refractivity contribution in [3.8, 4) is 0 Å². The Kier molecular flexibility index (Phi) is 2.13. The van der Waals surface area contributed by atoms with Crippen LogP contribution in [0.1, 0.15) is 12.8 Å². The minimum atomic E-state index is 0.755. The van der Waals surface area contributed by atoms with Gasteiger partial charge in [0.2, 0.25) is 0 Å². The molecule has 1 aliphatic rings. The van der Waals surface area contributed by atoms with E-state index in [1.807, 2.05) is 0 Å². The predicted octanol–water partition coefficient (Wildman–Crippen LogP) is 1.15. The Morgan fingerprint density at radius 2 is 1.86 bits per heavy atom. The number of alkyl halides is 1. The molecule has 7 heavy (non-hydrogen) atoms. The standard InChI is InChI=1S/C5H9BrN/c6-5-1-3-7-4-2-5/h5H,1-4H2. The summed E-state index contributed by atoms with van der Waals surface area (Å²) in [6.07, 6.45) is 2.47. The quantitative estimate of drug-likeness (QED) is 0.475. The van der Waals surface area contributed by atoms with Crippen LogP contribution in [-0.4, -0.2) is 17.9 Å². The molecule has 0 aromatic heterocycles. The molecule has 1 heterocycles. The normalized spacial score (nSPS) is 25.3. The lowest BCUT2D eigenvalue weighted by atomic mass is 10.2. The van der Waals surface area contributed by atoms with Crippen LogP contribution < -0.4 is 5.32 Å². The average molecular weight is 163 g/mol. The molecule has 1 rings (SSSR count). The molecule has 1 nitrogen and oxygen atoms in total. The maximum absolute atomic E-state index is 4.20. The van der Waals surface area contributed by atoms with E-state index < -0.39 is 0 Å². The molecule has 0 atom stereocenters. The van der Waals surface area contributed by atoms with E-state index in [1.54, 1.807) is 0 Å². The van der Waals surface area contributed by atoms with Gasteiger partial charge in [0.1, 0.15) is 0 Å². The summed E-state index contributed by atoms with van der Waals surface area (Å²) in [7, 11) is 0. The van der Waals surface area contributed by atoms with Gasteiger partial charge in [-0.15, -0.1) is 0 Å². The molecule has 1 saturated heterocycles. The van der Waals surface area contributed by atoms with E-state index in [0.29, 0.717) is 0 Å². The summed E-state index contributed by atoms with van der Waals surface area (Å²) in [5.74, 6) is 0. The summed E-state index contributed by atoms with van der Waals surface area (Å²) < 4.78 is 0. The number of piperidine rings is 1. The highest BCUT2D eigenvalue weighted by atomic mass is 79.9. The third kappa shape index (κ3) is 1.78. The van der Waals surface area contributed by atoms with Gasteiger partial charge in [0, 0.05) is 17.9 Å². The third-order valence-corrected chi connectivity index (χ3v) is 2.12. The van der Waals surface area contributed by atoms with Crippen LogP contribution in [0.15, 0.2) is 0 Å². The average Bonchev–Trinajstić information content (AvgIpc) is 1.69. The summed E-state index contributed by atoms with van der Waals surface area (Å²) in [4.78, 5) is 0.755. The predicted molar refractivity (Wildman–Crippen MR) is 33.8 cm³/mol. The topological polar surface area (TPSA) is 14.1 Å². The van der Waals surface area contributed by atoms with Gasteiger partial charge >= 0.3 is 0 Å². The van der Waals surface area contributed by atoms with E-state index in [1.165, 1.54) is 12.8 Å². The molecule has 0 aromatic carbocycles. The van der Waals surface area contributed by atoms with E-state index in [-0.39, 0.29) is 0 Å². The van der Waals surface area contributed by atoms with Gasteiger partial charge in [-0.1, -0.05) is 15.9 Å². The Morgan fingerprint density at radius 1 is 1.29 bits per heavy atom. The molecule has 1 fully saturated rings. The fourth-order valence-electron chi connectivity index (χ4n) is 0.719. The molecule has 0 spiro atoms. The molecule has 1 radical (unpaired) electrons. The lowest BCUT2D eigenvalue weighted by Crippen LogP contribution is -2.21. The molecule has 2 heteroatoms. The SMILES string of the molecule is BrC1CC[N]CC1. The van der Waals surface area contributed by atoms with Crippen LogP contribution in [0, 0.1) is 0 Å². The number of halogens is 1. The van der Waals surface area contributed by atoms with E-state index in [2.05, 4.69) is 21.2 Å². The maximum Gasteiger partial charge on any atom is 0.0171 e. The van der Waals surface area contributed by atoms with Crippen LogP contribution in [-0.2, 0) is 0 Å². The van der Waals surface area contributed by atoms with Gasteiger partial charge < -0.3 is 0 Å². The first-order valence-corrected chi connectivity index (χ1v) is 3.58. The van der Waals surface area contributed by atoms with Gasteiger partial charge in [0.25, 0.3) is 0 Å². The summed E-state index contributed by atoms with van der Waals surface area (Å²) >= 11 is 3.53. The molecule has 0 unspecified atom stereocenters. The van der Waals surface area contributed by atoms with Crippen molar-refractivity contribution >= 4 is 15.9 Å². The van der Waals surface area contributed by atoms with Crippen molar-refractivity contribution in [1.29, 1.82) is 0 Å². The van der Waals surface area contributed by atoms with E-state index in [4.69, 9.17) is 0 Å². The first kappa shape index (κ1) is 5.57. The lowest BCUT2D eigenvalue weighted by Gasteiger charge is -2.14. The summed E-state index contributed by atoms with van der Waals surface area (Å²) in [6, 6.07) is 0. The van der Waals surface area contributed by atoms with Crippen molar-refractivity contribution in [2.24, 2.45) is 0 Å².